The second kappa shape index (κ2) is 8.97. The van der Waals surface area contributed by atoms with Gasteiger partial charge in [0, 0.05) is 11.4 Å². The van der Waals surface area contributed by atoms with Crippen molar-refractivity contribution in [3.8, 4) is 0 Å². The van der Waals surface area contributed by atoms with E-state index >= 15 is 0 Å². The van der Waals surface area contributed by atoms with Crippen molar-refractivity contribution in [1.29, 1.82) is 0 Å². The number of H-pyrrole nitrogens is 1. The molecular weight excluding hydrogens is 400 g/mol. The number of nitrogens with one attached hydrogen (secondary N) is 2. The van der Waals surface area contributed by atoms with Crippen LogP contribution in [0.2, 0.25) is 0 Å². The van der Waals surface area contributed by atoms with Gasteiger partial charge in [-0.1, -0.05) is 25.1 Å². The van der Waals surface area contributed by atoms with Crippen LogP contribution in [-0.2, 0) is 11.3 Å². The maximum absolute atomic E-state index is 12.7. The first-order valence-electron chi connectivity index (χ1n) is 10.3. The van der Waals surface area contributed by atoms with E-state index in [-0.39, 0.29) is 18.5 Å². The Hall–Kier alpha value is -2.71. The van der Waals surface area contributed by atoms with Crippen molar-refractivity contribution in [2.24, 2.45) is 5.92 Å². The standard InChI is InChI=1S/C22H26N4O3S/c1-15-8-10-25(11-9-15)18(19-7-4-12-30-19)13-23-20(27)14-26-17-6-3-2-5-16(17)21(28)24-22(26)29/h2-7,12,15,18H,8-11,13-14H2,1H3,(H,23,27)(H,24,28,29)/t18-/m0/s1. The number of carbonyl (C=O) groups is 1. The summed E-state index contributed by atoms with van der Waals surface area (Å²) in [6, 6.07) is 11.1. The van der Waals surface area contributed by atoms with E-state index in [1.165, 1.54) is 9.44 Å². The third-order valence-electron chi connectivity index (χ3n) is 5.83. The second-order valence-electron chi connectivity index (χ2n) is 7.92. The quantitative estimate of drug-likeness (QED) is 0.633. The normalized spacial score (nSPS) is 16.6. The van der Waals surface area contributed by atoms with Gasteiger partial charge < -0.3 is 5.32 Å². The predicted molar refractivity (Wildman–Crippen MR) is 119 cm³/mol. The molecule has 30 heavy (non-hydrogen) atoms. The average molecular weight is 427 g/mol. The minimum absolute atomic E-state index is 0.130. The molecule has 0 unspecified atom stereocenters. The Morgan fingerprint density at radius 2 is 1.97 bits per heavy atom. The molecule has 2 aromatic heterocycles. The second-order valence-corrected chi connectivity index (χ2v) is 8.90. The molecule has 0 aliphatic carbocycles. The van der Waals surface area contributed by atoms with E-state index in [2.05, 4.69) is 33.6 Å². The summed E-state index contributed by atoms with van der Waals surface area (Å²) >= 11 is 1.70. The number of para-hydroxylation sites is 1. The molecule has 1 aromatic carbocycles. The first-order valence-corrected chi connectivity index (χ1v) is 11.2. The Morgan fingerprint density at radius 1 is 1.20 bits per heavy atom. The molecule has 0 saturated carbocycles. The summed E-state index contributed by atoms with van der Waals surface area (Å²) in [5.74, 6) is 0.487. The van der Waals surface area contributed by atoms with Crippen molar-refractivity contribution in [1.82, 2.24) is 19.8 Å². The van der Waals surface area contributed by atoms with E-state index in [0.29, 0.717) is 17.4 Å². The van der Waals surface area contributed by atoms with Gasteiger partial charge in [0.05, 0.1) is 16.9 Å². The van der Waals surface area contributed by atoms with E-state index in [4.69, 9.17) is 0 Å². The van der Waals surface area contributed by atoms with Gasteiger partial charge in [-0.2, -0.15) is 0 Å². The fourth-order valence-electron chi connectivity index (χ4n) is 4.04. The van der Waals surface area contributed by atoms with Crippen molar-refractivity contribution < 1.29 is 4.79 Å². The first-order chi connectivity index (χ1) is 14.5. The van der Waals surface area contributed by atoms with Gasteiger partial charge in [-0.3, -0.25) is 24.0 Å². The lowest BCUT2D eigenvalue weighted by molar-refractivity contribution is -0.122. The van der Waals surface area contributed by atoms with Gasteiger partial charge in [0.15, 0.2) is 0 Å². The van der Waals surface area contributed by atoms with Crippen LogP contribution in [0.3, 0.4) is 0 Å². The van der Waals surface area contributed by atoms with E-state index in [1.54, 1.807) is 35.6 Å². The zero-order valence-electron chi connectivity index (χ0n) is 17.0. The van der Waals surface area contributed by atoms with Gasteiger partial charge in [-0.15, -0.1) is 11.3 Å². The fourth-order valence-corrected chi connectivity index (χ4v) is 4.90. The van der Waals surface area contributed by atoms with E-state index in [9.17, 15) is 14.4 Å². The molecule has 1 saturated heterocycles. The smallest absolute Gasteiger partial charge is 0.329 e. The Balaban J connectivity index is 1.49. The number of nitrogens with zero attached hydrogens (tertiary/aromatic N) is 2. The lowest BCUT2D eigenvalue weighted by Crippen LogP contribution is -2.43. The molecular formula is C22H26N4O3S. The van der Waals surface area contributed by atoms with Crippen molar-refractivity contribution in [3.05, 3.63) is 67.5 Å². The Labute approximate surface area is 178 Å². The molecule has 158 valence electrons. The van der Waals surface area contributed by atoms with Crippen LogP contribution in [0.5, 0.6) is 0 Å². The van der Waals surface area contributed by atoms with Crippen molar-refractivity contribution >= 4 is 28.1 Å². The summed E-state index contributed by atoms with van der Waals surface area (Å²) in [5, 5.41) is 5.46. The number of piperidine rings is 1. The molecule has 0 bridgehead atoms. The third-order valence-corrected chi connectivity index (χ3v) is 6.80. The number of aromatic nitrogens is 2. The monoisotopic (exact) mass is 426 g/mol. The minimum Gasteiger partial charge on any atom is -0.353 e. The molecule has 3 aromatic rings. The molecule has 1 aliphatic rings. The molecule has 1 fully saturated rings. The fraction of sp³-hybridized carbons (Fsp3) is 0.409. The molecule has 1 amide bonds. The summed E-state index contributed by atoms with van der Waals surface area (Å²) in [4.78, 5) is 43.0. The van der Waals surface area contributed by atoms with Gasteiger partial charge >= 0.3 is 5.69 Å². The van der Waals surface area contributed by atoms with Gasteiger partial charge in [-0.25, -0.2) is 4.79 Å². The molecule has 2 N–H and O–H groups in total. The van der Waals surface area contributed by atoms with Crippen LogP contribution in [0.15, 0.2) is 51.4 Å². The number of rotatable bonds is 6. The number of hydrogen-bond acceptors (Lipinski definition) is 5. The summed E-state index contributed by atoms with van der Waals surface area (Å²) in [6.45, 7) is 4.67. The molecule has 7 nitrogen and oxygen atoms in total. The van der Waals surface area contributed by atoms with Gasteiger partial charge in [0.2, 0.25) is 5.91 Å². The van der Waals surface area contributed by atoms with Crippen molar-refractivity contribution in [3.63, 3.8) is 0 Å². The predicted octanol–water partition coefficient (Wildman–Crippen LogP) is 2.34. The number of hydrogen-bond donors (Lipinski definition) is 2. The van der Waals surface area contributed by atoms with Crippen molar-refractivity contribution in [2.75, 3.05) is 19.6 Å². The van der Waals surface area contributed by atoms with E-state index < -0.39 is 11.2 Å². The SMILES string of the molecule is CC1CCN([C@@H](CNC(=O)Cn2c(=O)[nH]c(=O)c3ccccc32)c2cccs2)CC1. The van der Waals surface area contributed by atoms with Crippen LogP contribution in [0, 0.1) is 5.92 Å². The summed E-state index contributed by atoms with van der Waals surface area (Å²) in [7, 11) is 0. The number of benzene rings is 1. The average Bonchev–Trinajstić information content (AvgIpc) is 3.27. The summed E-state index contributed by atoms with van der Waals surface area (Å²) in [6.07, 6.45) is 2.32. The zero-order valence-corrected chi connectivity index (χ0v) is 17.8. The number of aromatic amines is 1. The summed E-state index contributed by atoms with van der Waals surface area (Å²) in [5.41, 5.74) is -0.556. The number of carbonyl (C=O) groups excluding carboxylic acids is 1. The Morgan fingerprint density at radius 3 is 2.70 bits per heavy atom. The maximum Gasteiger partial charge on any atom is 0.329 e. The maximum atomic E-state index is 12.7. The topological polar surface area (TPSA) is 87.2 Å². The van der Waals surface area contributed by atoms with Gasteiger partial charge in [0.25, 0.3) is 5.56 Å². The molecule has 0 spiro atoms. The zero-order chi connectivity index (χ0) is 21.1. The number of likely N-dealkylation sites (tertiary alicyclic amines) is 1. The van der Waals surface area contributed by atoms with Crippen LogP contribution in [0.25, 0.3) is 10.9 Å². The first kappa shape index (κ1) is 20.6. The lowest BCUT2D eigenvalue weighted by Gasteiger charge is -2.36. The molecule has 8 heteroatoms. The van der Waals surface area contributed by atoms with Crippen molar-refractivity contribution in [2.45, 2.75) is 32.4 Å². The highest BCUT2D eigenvalue weighted by atomic mass is 32.1. The summed E-state index contributed by atoms with van der Waals surface area (Å²) < 4.78 is 1.31. The minimum atomic E-state index is -0.575. The third kappa shape index (κ3) is 4.39. The highest BCUT2D eigenvalue weighted by Crippen LogP contribution is 2.29. The van der Waals surface area contributed by atoms with Crippen LogP contribution >= 0.6 is 11.3 Å². The van der Waals surface area contributed by atoms with Gasteiger partial charge in [-0.05, 0) is 55.4 Å². The largest absolute Gasteiger partial charge is 0.353 e. The number of fused-ring (bicyclic) bond motifs is 1. The highest BCUT2D eigenvalue weighted by Gasteiger charge is 2.25. The molecule has 3 heterocycles. The molecule has 0 radical (unpaired) electrons. The van der Waals surface area contributed by atoms with Gasteiger partial charge in [0.1, 0.15) is 6.54 Å². The van der Waals surface area contributed by atoms with E-state index in [0.717, 1.165) is 31.8 Å². The van der Waals surface area contributed by atoms with Crippen LogP contribution < -0.4 is 16.6 Å². The van der Waals surface area contributed by atoms with E-state index in [1.807, 2.05) is 6.07 Å². The van der Waals surface area contributed by atoms with Crippen LogP contribution in [0.1, 0.15) is 30.7 Å². The number of thiophene rings is 1. The Kier molecular flexibility index (Phi) is 6.15. The molecule has 1 atom stereocenters. The lowest BCUT2D eigenvalue weighted by atomic mass is 9.97. The molecule has 4 rings (SSSR count). The van der Waals surface area contributed by atoms with Crippen LogP contribution in [-0.4, -0.2) is 40.0 Å². The Bertz CT molecular complexity index is 1130. The van der Waals surface area contributed by atoms with Crippen LogP contribution in [0.4, 0.5) is 0 Å². The number of amides is 1. The highest BCUT2D eigenvalue weighted by molar-refractivity contribution is 7.10. The molecule has 1 aliphatic heterocycles.